The summed E-state index contributed by atoms with van der Waals surface area (Å²) in [6.45, 7) is 0. The number of benzene rings is 1. The SMILES string of the molecule is Br.Clc1ccc2c(Cl)ccnc2c1.[Br-].[Br-]. The monoisotopic (exact) mass is 435 g/mol. The highest BCUT2D eigenvalue weighted by atomic mass is 79.9. The smallest absolute Gasteiger partial charge is 0.0731 e. The van der Waals surface area contributed by atoms with Gasteiger partial charge in [-0.2, -0.15) is 0 Å². The van der Waals surface area contributed by atoms with Crippen molar-refractivity contribution in [3.63, 3.8) is 0 Å². The summed E-state index contributed by atoms with van der Waals surface area (Å²) in [4.78, 5) is 4.13. The molecule has 0 bridgehead atoms. The number of nitrogens with zero attached hydrogens (tertiary/aromatic N) is 1. The molecule has 0 fully saturated rings. The van der Waals surface area contributed by atoms with E-state index in [-0.39, 0.29) is 50.9 Å². The van der Waals surface area contributed by atoms with Gasteiger partial charge in [0.1, 0.15) is 0 Å². The van der Waals surface area contributed by atoms with Gasteiger partial charge in [0.2, 0.25) is 0 Å². The number of fused-ring (bicyclic) bond motifs is 1. The standard InChI is InChI=1S/C9H5Cl2N.3BrH/c10-6-1-2-7-8(11)3-4-12-9(7)5-6;;;/h1-5H;3*1H/p-2. The number of halogens is 5. The van der Waals surface area contributed by atoms with Crippen LogP contribution in [0.1, 0.15) is 0 Å². The Kier molecular flexibility index (Phi) is 9.43. The third kappa shape index (κ3) is 4.19. The molecule has 0 unspecified atom stereocenters. The van der Waals surface area contributed by atoms with Gasteiger partial charge in [-0.15, -0.1) is 17.0 Å². The van der Waals surface area contributed by atoms with Crippen molar-refractivity contribution in [2.24, 2.45) is 0 Å². The van der Waals surface area contributed by atoms with Crippen molar-refractivity contribution in [1.82, 2.24) is 4.98 Å². The van der Waals surface area contributed by atoms with Crippen LogP contribution in [0.5, 0.6) is 0 Å². The van der Waals surface area contributed by atoms with Crippen LogP contribution < -0.4 is 34.0 Å². The van der Waals surface area contributed by atoms with Crippen molar-refractivity contribution in [1.29, 1.82) is 0 Å². The molecule has 1 heterocycles. The van der Waals surface area contributed by atoms with E-state index in [0.717, 1.165) is 10.9 Å². The first kappa shape index (κ1) is 18.0. The van der Waals surface area contributed by atoms with E-state index in [2.05, 4.69) is 4.98 Å². The minimum Gasteiger partial charge on any atom is -1.00 e. The zero-order valence-corrected chi connectivity index (χ0v) is 13.7. The van der Waals surface area contributed by atoms with Crippen LogP contribution in [0.4, 0.5) is 0 Å². The van der Waals surface area contributed by atoms with Gasteiger partial charge in [-0.3, -0.25) is 4.98 Å². The summed E-state index contributed by atoms with van der Waals surface area (Å²) in [6, 6.07) is 7.23. The molecule has 0 aliphatic heterocycles. The fraction of sp³-hybridized carbons (Fsp3) is 0. The first-order valence-corrected chi connectivity index (χ1v) is 4.23. The highest BCUT2D eigenvalue weighted by Crippen LogP contribution is 2.23. The molecule has 1 aromatic carbocycles. The molecule has 84 valence electrons. The first-order valence-electron chi connectivity index (χ1n) is 3.47. The summed E-state index contributed by atoms with van der Waals surface area (Å²) < 4.78 is 0. The van der Waals surface area contributed by atoms with Gasteiger partial charge in [0.15, 0.2) is 0 Å². The third-order valence-electron chi connectivity index (χ3n) is 1.65. The average molecular weight is 439 g/mol. The van der Waals surface area contributed by atoms with Gasteiger partial charge in [-0.25, -0.2) is 0 Å². The van der Waals surface area contributed by atoms with Gasteiger partial charge in [0, 0.05) is 16.6 Å². The molecule has 0 aliphatic rings. The third-order valence-corrected chi connectivity index (χ3v) is 2.22. The Bertz CT molecular complexity index is 437. The second kappa shape index (κ2) is 7.85. The number of hydrogen-bond donors (Lipinski definition) is 0. The molecule has 0 atom stereocenters. The Balaban J connectivity index is 0. The van der Waals surface area contributed by atoms with Crippen LogP contribution in [0, 0.1) is 0 Å². The molecule has 0 spiro atoms. The van der Waals surface area contributed by atoms with Crippen molar-refractivity contribution >= 4 is 51.1 Å². The van der Waals surface area contributed by atoms with E-state index in [0.29, 0.717) is 10.0 Å². The molecule has 0 amide bonds. The summed E-state index contributed by atoms with van der Waals surface area (Å²) in [5.74, 6) is 0. The van der Waals surface area contributed by atoms with Crippen molar-refractivity contribution in [3.05, 3.63) is 40.5 Å². The van der Waals surface area contributed by atoms with E-state index in [4.69, 9.17) is 23.2 Å². The Morgan fingerprint density at radius 1 is 1.00 bits per heavy atom. The summed E-state index contributed by atoms with van der Waals surface area (Å²) >= 11 is 11.7. The lowest BCUT2D eigenvalue weighted by atomic mass is 10.2. The Labute approximate surface area is 129 Å². The maximum atomic E-state index is 5.93. The minimum absolute atomic E-state index is 0. The lowest BCUT2D eigenvalue weighted by Gasteiger charge is -1.98. The van der Waals surface area contributed by atoms with Gasteiger partial charge in [0.05, 0.1) is 10.5 Å². The van der Waals surface area contributed by atoms with Crippen molar-refractivity contribution < 1.29 is 34.0 Å². The molecule has 1 nitrogen and oxygen atoms in total. The van der Waals surface area contributed by atoms with Crippen molar-refractivity contribution in [3.8, 4) is 0 Å². The molecule has 0 radical (unpaired) electrons. The van der Waals surface area contributed by atoms with Gasteiger partial charge in [0.25, 0.3) is 0 Å². The normalized spacial score (nSPS) is 8.40. The molecule has 0 N–H and O–H groups in total. The van der Waals surface area contributed by atoms with E-state index >= 15 is 0 Å². The van der Waals surface area contributed by atoms with Crippen molar-refractivity contribution in [2.75, 3.05) is 0 Å². The van der Waals surface area contributed by atoms with Crippen LogP contribution in [0.2, 0.25) is 10.0 Å². The quantitative estimate of drug-likeness (QED) is 0.470. The highest BCUT2D eigenvalue weighted by molar-refractivity contribution is 8.93. The van der Waals surface area contributed by atoms with E-state index < -0.39 is 0 Å². The predicted molar refractivity (Wildman–Crippen MR) is 62.1 cm³/mol. The predicted octanol–water partition coefficient (Wildman–Crippen LogP) is -1.87. The van der Waals surface area contributed by atoms with Crippen LogP contribution in [0.15, 0.2) is 30.5 Å². The minimum atomic E-state index is 0. The fourth-order valence-electron chi connectivity index (χ4n) is 1.09. The highest BCUT2D eigenvalue weighted by Gasteiger charge is 1.98. The topological polar surface area (TPSA) is 12.9 Å². The van der Waals surface area contributed by atoms with Gasteiger partial charge >= 0.3 is 0 Å². The lowest BCUT2D eigenvalue weighted by Crippen LogP contribution is -3.00. The summed E-state index contributed by atoms with van der Waals surface area (Å²) in [5.41, 5.74) is 0.829. The molecule has 0 saturated heterocycles. The van der Waals surface area contributed by atoms with Gasteiger partial charge < -0.3 is 34.0 Å². The van der Waals surface area contributed by atoms with Crippen LogP contribution in [-0.4, -0.2) is 4.98 Å². The molecule has 0 aliphatic carbocycles. The molecule has 0 saturated carbocycles. The molecule has 2 rings (SSSR count). The zero-order chi connectivity index (χ0) is 8.55. The molecule has 15 heavy (non-hydrogen) atoms. The number of rotatable bonds is 0. The second-order valence-electron chi connectivity index (χ2n) is 2.45. The Morgan fingerprint density at radius 2 is 1.67 bits per heavy atom. The van der Waals surface area contributed by atoms with E-state index in [9.17, 15) is 0 Å². The Hall–Kier alpha value is 0.650. The maximum Gasteiger partial charge on any atom is 0.0731 e. The zero-order valence-electron chi connectivity index (χ0n) is 7.25. The van der Waals surface area contributed by atoms with E-state index in [1.807, 2.05) is 6.07 Å². The van der Waals surface area contributed by atoms with Gasteiger partial charge in [-0.05, 0) is 24.3 Å². The lowest BCUT2D eigenvalue weighted by molar-refractivity contribution is -0.00100. The van der Waals surface area contributed by atoms with Gasteiger partial charge in [-0.1, -0.05) is 23.2 Å². The summed E-state index contributed by atoms with van der Waals surface area (Å²) in [6.07, 6.45) is 1.67. The van der Waals surface area contributed by atoms with Crippen molar-refractivity contribution in [2.45, 2.75) is 0 Å². The van der Waals surface area contributed by atoms with Crippen LogP contribution in [0.3, 0.4) is 0 Å². The number of pyridine rings is 1. The fourth-order valence-corrected chi connectivity index (χ4v) is 1.47. The molecule has 6 heteroatoms. The molecule has 1 aromatic heterocycles. The number of aromatic nitrogens is 1. The van der Waals surface area contributed by atoms with Crippen LogP contribution in [-0.2, 0) is 0 Å². The molecular weight excluding hydrogens is 433 g/mol. The van der Waals surface area contributed by atoms with E-state index in [1.165, 1.54) is 0 Å². The maximum absolute atomic E-state index is 5.93. The molecule has 2 aromatic rings. The Morgan fingerprint density at radius 3 is 2.33 bits per heavy atom. The number of hydrogen-bond acceptors (Lipinski definition) is 1. The average Bonchev–Trinajstić information content (AvgIpc) is 2.04. The van der Waals surface area contributed by atoms with Crippen LogP contribution in [0.25, 0.3) is 10.9 Å². The summed E-state index contributed by atoms with van der Waals surface area (Å²) in [5, 5.41) is 2.32. The van der Waals surface area contributed by atoms with E-state index in [1.54, 1.807) is 24.4 Å². The largest absolute Gasteiger partial charge is 1.00 e. The summed E-state index contributed by atoms with van der Waals surface area (Å²) in [7, 11) is 0. The molecular formula is C9H6Br3Cl2N-2. The first-order chi connectivity index (χ1) is 5.77. The van der Waals surface area contributed by atoms with Crippen LogP contribution >= 0.6 is 40.2 Å². The second-order valence-corrected chi connectivity index (χ2v) is 3.30.